The van der Waals surface area contributed by atoms with Crippen LogP contribution in [0, 0.1) is 6.92 Å². The number of benzene rings is 1. The quantitative estimate of drug-likeness (QED) is 0.816. The molecule has 1 heterocycles. The maximum atomic E-state index is 12.1. The van der Waals surface area contributed by atoms with Crippen LogP contribution in [0.25, 0.3) is 0 Å². The lowest BCUT2D eigenvalue weighted by atomic mass is 10.0. The molecule has 0 saturated heterocycles. The van der Waals surface area contributed by atoms with Crippen molar-refractivity contribution < 1.29 is 4.79 Å². The standard InChI is InChI=1S/C13H13BrN2O/c1-9-3-11(6-12(14)4-9)13(17)5-10-7-15-16(2)8-10/h3-4,6-8H,5H2,1-2H3. The molecule has 88 valence electrons. The number of aryl methyl sites for hydroxylation is 2. The number of rotatable bonds is 3. The van der Waals surface area contributed by atoms with Gasteiger partial charge in [0.25, 0.3) is 0 Å². The van der Waals surface area contributed by atoms with Crippen LogP contribution in [0.5, 0.6) is 0 Å². The number of hydrogen-bond donors (Lipinski definition) is 0. The molecule has 0 amide bonds. The highest BCUT2D eigenvalue weighted by Gasteiger charge is 2.09. The SMILES string of the molecule is Cc1cc(Br)cc(C(=O)Cc2cnn(C)c2)c1. The van der Waals surface area contributed by atoms with E-state index in [9.17, 15) is 4.79 Å². The highest BCUT2D eigenvalue weighted by atomic mass is 79.9. The van der Waals surface area contributed by atoms with Crippen molar-refractivity contribution in [3.05, 3.63) is 51.8 Å². The van der Waals surface area contributed by atoms with Crippen LogP contribution in [-0.4, -0.2) is 15.6 Å². The van der Waals surface area contributed by atoms with Gasteiger partial charge in [0.1, 0.15) is 0 Å². The zero-order valence-corrected chi connectivity index (χ0v) is 11.4. The Morgan fingerprint density at radius 1 is 1.41 bits per heavy atom. The van der Waals surface area contributed by atoms with Crippen LogP contribution >= 0.6 is 15.9 Å². The first-order valence-electron chi connectivity index (χ1n) is 5.32. The van der Waals surface area contributed by atoms with Crippen LogP contribution in [0.3, 0.4) is 0 Å². The Morgan fingerprint density at radius 3 is 2.76 bits per heavy atom. The number of Topliss-reactive ketones (excluding diaryl/α,β-unsaturated/α-hetero) is 1. The second-order valence-electron chi connectivity index (χ2n) is 4.14. The molecule has 0 unspecified atom stereocenters. The molecule has 0 bridgehead atoms. The zero-order valence-electron chi connectivity index (χ0n) is 9.77. The van der Waals surface area contributed by atoms with E-state index in [1.54, 1.807) is 10.9 Å². The van der Waals surface area contributed by atoms with Gasteiger partial charge >= 0.3 is 0 Å². The summed E-state index contributed by atoms with van der Waals surface area (Å²) in [6.45, 7) is 1.98. The van der Waals surface area contributed by atoms with Gasteiger partial charge in [-0.3, -0.25) is 9.48 Å². The smallest absolute Gasteiger partial charge is 0.167 e. The number of carbonyl (C=O) groups is 1. The van der Waals surface area contributed by atoms with Gasteiger partial charge in [-0.25, -0.2) is 0 Å². The predicted molar refractivity (Wildman–Crippen MR) is 70.1 cm³/mol. The average molecular weight is 293 g/mol. The van der Waals surface area contributed by atoms with Gasteiger partial charge in [-0.05, 0) is 36.2 Å². The minimum absolute atomic E-state index is 0.113. The summed E-state index contributed by atoms with van der Waals surface area (Å²) in [6, 6.07) is 5.75. The minimum Gasteiger partial charge on any atom is -0.294 e. The summed E-state index contributed by atoms with van der Waals surface area (Å²) < 4.78 is 2.64. The van der Waals surface area contributed by atoms with Crippen LogP contribution in [0.4, 0.5) is 0 Å². The Hall–Kier alpha value is -1.42. The van der Waals surface area contributed by atoms with E-state index in [4.69, 9.17) is 0 Å². The van der Waals surface area contributed by atoms with E-state index in [1.165, 1.54) is 0 Å². The molecule has 4 heteroatoms. The van der Waals surface area contributed by atoms with Crippen LogP contribution in [0.15, 0.2) is 35.1 Å². The molecule has 0 saturated carbocycles. The lowest BCUT2D eigenvalue weighted by Gasteiger charge is -2.02. The molecule has 0 spiro atoms. The molecule has 1 aromatic carbocycles. The monoisotopic (exact) mass is 292 g/mol. The fourth-order valence-electron chi connectivity index (χ4n) is 1.75. The summed E-state index contributed by atoms with van der Waals surface area (Å²) in [6.07, 6.45) is 3.98. The molecular formula is C13H13BrN2O. The summed E-state index contributed by atoms with van der Waals surface area (Å²) in [4.78, 5) is 12.1. The van der Waals surface area contributed by atoms with E-state index < -0.39 is 0 Å². The maximum Gasteiger partial charge on any atom is 0.167 e. The number of ketones is 1. The van der Waals surface area contributed by atoms with Crippen LogP contribution in [0.1, 0.15) is 21.5 Å². The summed E-state index contributed by atoms with van der Waals surface area (Å²) >= 11 is 3.40. The first-order chi connectivity index (χ1) is 8.04. The number of carbonyl (C=O) groups excluding carboxylic acids is 1. The third kappa shape index (κ3) is 3.03. The third-order valence-corrected chi connectivity index (χ3v) is 2.94. The van der Waals surface area contributed by atoms with Crippen molar-refractivity contribution >= 4 is 21.7 Å². The fourth-order valence-corrected chi connectivity index (χ4v) is 2.36. The molecule has 0 aliphatic rings. The molecule has 0 N–H and O–H groups in total. The molecule has 0 aliphatic carbocycles. The van der Waals surface area contributed by atoms with Gasteiger partial charge in [-0.1, -0.05) is 15.9 Å². The lowest BCUT2D eigenvalue weighted by Crippen LogP contribution is -2.03. The molecule has 2 aromatic rings. The van der Waals surface area contributed by atoms with Crippen molar-refractivity contribution in [3.63, 3.8) is 0 Å². The fraction of sp³-hybridized carbons (Fsp3) is 0.231. The maximum absolute atomic E-state index is 12.1. The van der Waals surface area contributed by atoms with Gasteiger partial charge in [-0.15, -0.1) is 0 Å². The van der Waals surface area contributed by atoms with Crippen molar-refractivity contribution in [2.24, 2.45) is 7.05 Å². The Balaban J connectivity index is 2.19. The van der Waals surface area contributed by atoms with Gasteiger partial charge in [-0.2, -0.15) is 5.10 Å². The predicted octanol–water partition coefficient (Wildman–Crippen LogP) is 2.92. The van der Waals surface area contributed by atoms with E-state index in [0.29, 0.717) is 6.42 Å². The topological polar surface area (TPSA) is 34.9 Å². The van der Waals surface area contributed by atoms with Gasteiger partial charge < -0.3 is 0 Å². The van der Waals surface area contributed by atoms with Crippen molar-refractivity contribution in [3.8, 4) is 0 Å². The molecule has 2 rings (SSSR count). The van der Waals surface area contributed by atoms with Crippen molar-refractivity contribution in [1.82, 2.24) is 9.78 Å². The van der Waals surface area contributed by atoms with Crippen LogP contribution < -0.4 is 0 Å². The molecule has 0 aliphatic heterocycles. The molecule has 0 radical (unpaired) electrons. The molecular weight excluding hydrogens is 280 g/mol. The first-order valence-corrected chi connectivity index (χ1v) is 6.12. The number of nitrogens with zero attached hydrogens (tertiary/aromatic N) is 2. The Kier molecular flexibility index (Phi) is 3.43. The van der Waals surface area contributed by atoms with Gasteiger partial charge in [0.2, 0.25) is 0 Å². The Morgan fingerprint density at radius 2 is 2.18 bits per heavy atom. The molecule has 0 fully saturated rings. The Bertz CT molecular complexity index is 540. The van der Waals surface area contributed by atoms with E-state index in [1.807, 2.05) is 38.4 Å². The van der Waals surface area contributed by atoms with E-state index >= 15 is 0 Å². The Labute approximate surface area is 109 Å². The normalized spacial score (nSPS) is 10.5. The lowest BCUT2D eigenvalue weighted by molar-refractivity contribution is 0.0993. The van der Waals surface area contributed by atoms with Gasteiger partial charge in [0.05, 0.1) is 6.20 Å². The average Bonchev–Trinajstić information content (AvgIpc) is 2.62. The second-order valence-corrected chi connectivity index (χ2v) is 5.06. The van der Waals surface area contributed by atoms with Crippen LogP contribution in [0.2, 0.25) is 0 Å². The summed E-state index contributed by atoms with van der Waals surface area (Å²) in [5, 5.41) is 4.05. The van der Waals surface area contributed by atoms with Crippen molar-refractivity contribution in [2.75, 3.05) is 0 Å². The van der Waals surface area contributed by atoms with Crippen molar-refractivity contribution in [1.29, 1.82) is 0 Å². The molecule has 0 atom stereocenters. The highest BCUT2D eigenvalue weighted by molar-refractivity contribution is 9.10. The highest BCUT2D eigenvalue weighted by Crippen LogP contribution is 2.17. The largest absolute Gasteiger partial charge is 0.294 e. The number of hydrogen-bond acceptors (Lipinski definition) is 2. The third-order valence-electron chi connectivity index (χ3n) is 2.49. The van der Waals surface area contributed by atoms with E-state index in [2.05, 4.69) is 21.0 Å². The first kappa shape index (κ1) is 12.0. The summed E-state index contributed by atoms with van der Waals surface area (Å²) in [7, 11) is 1.84. The number of aromatic nitrogens is 2. The van der Waals surface area contributed by atoms with E-state index in [0.717, 1.165) is 21.2 Å². The minimum atomic E-state index is 0.113. The van der Waals surface area contributed by atoms with E-state index in [-0.39, 0.29) is 5.78 Å². The van der Waals surface area contributed by atoms with Crippen LogP contribution in [-0.2, 0) is 13.5 Å². The van der Waals surface area contributed by atoms with Gasteiger partial charge in [0, 0.05) is 29.7 Å². The zero-order chi connectivity index (χ0) is 12.4. The van der Waals surface area contributed by atoms with Gasteiger partial charge in [0.15, 0.2) is 5.78 Å². The van der Waals surface area contributed by atoms with Crippen molar-refractivity contribution in [2.45, 2.75) is 13.3 Å². The molecule has 17 heavy (non-hydrogen) atoms. The molecule has 1 aromatic heterocycles. The molecule has 3 nitrogen and oxygen atoms in total. The second kappa shape index (κ2) is 4.84. The summed E-state index contributed by atoms with van der Waals surface area (Å²) in [5.41, 5.74) is 2.75. The number of halogens is 1. The summed E-state index contributed by atoms with van der Waals surface area (Å²) in [5.74, 6) is 0.113.